The zero-order valence-corrected chi connectivity index (χ0v) is 17.6. The summed E-state index contributed by atoms with van der Waals surface area (Å²) in [6, 6.07) is 11.5. The van der Waals surface area contributed by atoms with E-state index in [1.165, 1.54) is 11.3 Å². The van der Waals surface area contributed by atoms with Crippen molar-refractivity contribution in [2.24, 2.45) is 0 Å². The Morgan fingerprint density at radius 2 is 1.97 bits per heavy atom. The molecule has 0 aliphatic rings. The maximum atomic E-state index is 12.7. The molecule has 152 valence electrons. The number of amides is 1. The van der Waals surface area contributed by atoms with Crippen LogP contribution in [0.5, 0.6) is 0 Å². The number of thiazole rings is 1. The number of rotatable bonds is 9. The maximum absolute atomic E-state index is 12.7. The van der Waals surface area contributed by atoms with Crippen LogP contribution in [0.25, 0.3) is 0 Å². The van der Waals surface area contributed by atoms with Gasteiger partial charge in [0.25, 0.3) is 0 Å². The van der Waals surface area contributed by atoms with E-state index < -0.39 is 0 Å². The van der Waals surface area contributed by atoms with Gasteiger partial charge in [-0.05, 0) is 36.8 Å². The smallest absolute Gasteiger partial charge is 0.311 e. The Bertz CT molecular complexity index is 939. The van der Waals surface area contributed by atoms with Crippen LogP contribution in [0.15, 0.2) is 54.2 Å². The highest BCUT2D eigenvalue weighted by Crippen LogP contribution is 2.25. The number of carbonyl (C=O) groups excluding carboxylic acids is 2. The number of esters is 1. The number of carbonyl (C=O) groups is 2. The number of hydrogen-bond donors (Lipinski definition) is 1. The Kier molecular flexibility index (Phi) is 7.43. The second-order valence-electron chi connectivity index (χ2n) is 6.51. The van der Waals surface area contributed by atoms with Gasteiger partial charge in [-0.1, -0.05) is 23.7 Å². The molecule has 1 atom stereocenters. The molecule has 1 N–H and O–H groups in total. The highest BCUT2D eigenvalue weighted by molar-refractivity contribution is 7.13. The molecule has 29 heavy (non-hydrogen) atoms. The van der Waals surface area contributed by atoms with Crippen molar-refractivity contribution >= 4 is 39.9 Å². The fraction of sp³-hybridized carbons (Fsp3) is 0.286. The average Bonchev–Trinajstić information content (AvgIpc) is 3.34. The van der Waals surface area contributed by atoms with Crippen LogP contribution in [0.4, 0.5) is 5.13 Å². The zero-order chi connectivity index (χ0) is 20.6. The van der Waals surface area contributed by atoms with Crippen molar-refractivity contribution in [2.45, 2.75) is 32.2 Å². The largest absolute Gasteiger partial charge is 0.466 e. The van der Waals surface area contributed by atoms with Crippen molar-refractivity contribution < 1.29 is 14.3 Å². The second-order valence-corrected chi connectivity index (χ2v) is 7.80. The molecule has 2 heterocycles. The van der Waals surface area contributed by atoms with Gasteiger partial charge in [0.05, 0.1) is 18.7 Å². The van der Waals surface area contributed by atoms with Gasteiger partial charge >= 0.3 is 5.97 Å². The Morgan fingerprint density at radius 1 is 1.24 bits per heavy atom. The minimum atomic E-state index is -0.329. The van der Waals surface area contributed by atoms with E-state index in [1.54, 1.807) is 12.3 Å². The molecule has 3 rings (SSSR count). The summed E-state index contributed by atoms with van der Waals surface area (Å²) >= 11 is 7.30. The first-order valence-electron chi connectivity index (χ1n) is 9.29. The van der Waals surface area contributed by atoms with Crippen LogP contribution < -0.4 is 5.32 Å². The molecule has 0 saturated heterocycles. The van der Waals surface area contributed by atoms with E-state index in [0.717, 1.165) is 5.56 Å². The van der Waals surface area contributed by atoms with Crippen LogP contribution >= 0.6 is 22.9 Å². The first kappa shape index (κ1) is 21.1. The Labute approximate surface area is 178 Å². The van der Waals surface area contributed by atoms with E-state index in [-0.39, 0.29) is 24.2 Å². The molecule has 2 aromatic heterocycles. The summed E-state index contributed by atoms with van der Waals surface area (Å²) in [5, 5.41) is 5.73. The number of halogens is 1. The topological polar surface area (TPSA) is 73.2 Å². The number of nitrogens with zero attached hydrogens (tertiary/aromatic N) is 2. The van der Waals surface area contributed by atoms with E-state index in [1.807, 2.05) is 53.4 Å². The van der Waals surface area contributed by atoms with Gasteiger partial charge in [0.15, 0.2) is 5.13 Å². The number of anilines is 1. The van der Waals surface area contributed by atoms with Gasteiger partial charge in [-0.15, -0.1) is 11.3 Å². The fourth-order valence-corrected chi connectivity index (χ4v) is 3.82. The molecule has 0 radical (unpaired) electrons. The summed E-state index contributed by atoms with van der Waals surface area (Å²) in [7, 11) is 0. The number of ether oxygens (including phenoxy) is 1. The monoisotopic (exact) mass is 431 g/mol. The first-order valence-corrected chi connectivity index (χ1v) is 10.6. The van der Waals surface area contributed by atoms with Crippen molar-refractivity contribution in [3.8, 4) is 0 Å². The molecule has 0 aliphatic heterocycles. The van der Waals surface area contributed by atoms with Crippen LogP contribution in [0.3, 0.4) is 0 Å². The molecule has 0 saturated carbocycles. The number of benzene rings is 1. The molecule has 0 aliphatic carbocycles. The normalized spacial score (nSPS) is 11.8. The van der Waals surface area contributed by atoms with E-state index in [9.17, 15) is 9.59 Å². The standard InChI is InChI=1S/C21H22ClN3O3S/c1-2-28-20(27)12-18-14-29-21(23-18)24-19(26)11-16(13-25-9-3-4-10-25)15-5-7-17(22)8-6-15/h3-10,14,16H,2,11-13H2,1H3,(H,23,24,26)/t16-/m0/s1. The van der Waals surface area contributed by atoms with Crippen molar-refractivity contribution in [2.75, 3.05) is 11.9 Å². The van der Waals surface area contributed by atoms with Crippen molar-refractivity contribution in [3.63, 3.8) is 0 Å². The molecular formula is C21H22ClN3O3S. The van der Waals surface area contributed by atoms with Crippen LogP contribution in [0.1, 0.15) is 30.5 Å². The zero-order valence-electron chi connectivity index (χ0n) is 16.0. The van der Waals surface area contributed by atoms with Gasteiger partial charge in [-0.25, -0.2) is 4.98 Å². The lowest BCUT2D eigenvalue weighted by Gasteiger charge is -2.18. The summed E-state index contributed by atoms with van der Waals surface area (Å²) in [4.78, 5) is 28.5. The molecule has 0 bridgehead atoms. The molecule has 0 unspecified atom stereocenters. The van der Waals surface area contributed by atoms with Gasteiger partial charge in [-0.3, -0.25) is 9.59 Å². The quantitative estimate of drug-likeness (QED) is 0.505. The molecule has 8 heteroatoms. The lowest BCUT2D eigenvalue weighted by molar-refractivity contribution is -0.142. The highest BCUT2D eigenvalue weighted by atomic mass is 35.5. The molecule has 1 aromatic carbocycles. The van der Waals surface area contributed by atoms with E-state index in [4.69, 9.17) is 16.3 Å². The SMILES string of the molecule is CCOC(=O)Cc1csc(NC(=O)C[C@@H](Cn2cccc2)c2ccc(Cl)cc2)n1. The number of hydrogen-bond acceptors (Lipinski definition) is 5. The minimum Gasteiger partial charge on any atom is -0.466 e. The van der Waals surface area contributed by atoms with Gasteiger partial charge < -0.3 is 14.6 Å². The highest BCUT2D eigenvalue weighted by Gasteiger charge is 2.18. The second kappa shape index (κ2) is 10.2. The van der Waals surface area contributed by atoms with Gasteiger partial charge in [0.1, 0.15) is 0 Å². The van der Waals surface area contributed by atoms with Crippen LogP contribution in [-0.4, -0.2) is 28.0 Å². The molecule has 0 spiro atoms. The molecule has 3 aromatic rings. The maximum Gasteiger partial charge on any atom is 0.311 e. The third-order valence-corrected chi connectivity index (χ3v) is 5.36. The number of nitrogens with one attached hydrogen (secondary N) is 1. The third kappa shape index (κ3) is 6.44. The third-order valence-electron chi connectivity index (χ3n) is 4.30. The lowest BCUT2D eigenvalue weighted by Crippen LogP contribution is -2.18. The predicted molar refractivity (Wildman–Crippen MR) is 114 cm³/mol. The van der Waals surface area contributed by atoms with E-state index >= 15 is 0 Å². The molecule has 6 nitrogen and oxygen atoms in total. The summed E-state index contributed by atoms with van der Waals surface area (Å²) in [5.41, 5.74) is 1.63. The summed E-state index contributed by atoms with van der Waals surface area (Å²) in [6.45, 7) is 2.77. The van der Waals surface area contributed by atoms with Crippen LogP contribution in [0, 0.1) is 0 Å². The average molecular weight is 432 g/mol. The molecule has 0 fully saturated rings. The van der Waals surface area contributed by atoms with Gasteiger partial charge in [0, 0.05) is 41.7 Å². The number of aromatic nitrogens is 2. The fourth-order valence-electron chi connectivity index (χ4n) is 2.97. The van der Waals surface area contributed by atoms with Crippen molar-refractivity contribution in [1.29, 1.82) is 0 Å². The summed E-state index contributed by atoms with van der Waals surface area (Å²) in [6.07, 6.45) is 4.35. The molecule has 1 amide bonds. The van der Waals surface area contributed by atoms with Crippen molar-refractivity contribution in [1.82, 2.24) is 9.55 Å². The van der Waals surface area contributed by atoms with E-state index in [2.05, 4.69) is 10.3 Å². The first-order chi connectivity index (χ1) is 14.0. The predicted octanol–water partition coefficient (Wildman–Crippen LogP) is 4.52. The Hall–Kier alpha value is -2.64. The lowest BCUT2D eigenvalue weighted by atomic mass is 9.95. The summed E-state index contributed by atoms with van der Waals surface area (Å²) in [5.74, 6) is -0.474. The minimum absolute atomic E-state index is 0.0152. The van der Waals surface area contributed by atoms with Gasteiger partial charge in [0.2, 0.25) is 5.91 Å². The summed E-state index contributed by atoms with van der Waals surface area (Å²) < 4.78 is 6.97. The van der Waals surface area contributed by atoms with E-state index in [0.29, 0.717) is 35.4 Å². The van der Waals surface area contributed by atoms with Crippen LogP contribution in [-0.2, 0) is 27.3 Å². The van der Waals surface area contributed by atoms with Crippen molar-refractivity contribution in [3.05, 3.63) is 70.5 Å². The Morgan fingerprint density at radius 3 is 2.66 bits per heavy atom. The van der Waals surface area contributed by atoms with Gasteiger partial charge in [-0.2, -0.15) is 0 Å². The molecular weight excluding hydrogens is 410 g/mol. The Balaban J connectivity index is 1.64. The van der Waals surface area contributed by atoms with Crippen LogP contribution in [0.2, 0.25) is 5.02 Å².